The molecule has 3 N–H and O–H groups in total. The van der Waals surface area contributed by atoms with Crippen LogP contribution in [0.4, 0.5) is 0 Å². The molecule has 1 rings (SSSR count). The molecule has 0 heterocycles. The van der Waals surface area contributed by atoms with Crippen LogP contribution in [0.5, 0.6) is 0 Å². The zero-order valence-electron chi connectivity index (χ0n) is 8.06. The Morgan fingerprint density at radius 3 is 2.86 bits per heavy atom. The highest BCUT2D eigenvalue weighted by atomic mass is 79.9. The third-order valence-electron chi connectivity index (χ3n) is 2.11. The quantitative estimate of drug-likeness (QED) is 0.654. The van der Waals surface area contributed by atoms with Crippen molar-refractivity contribution in [3.63, 3.8) is 0 Å². The molecule has 0 radical (unpaired) electrons. The summed E-state index contributed by atoms with van der Waals surface area (Å²) in [7, 11) is 0. The first-order valence-electron chi connectivity index (χ1n) is 4.60. The SMILES string of the molecule is CCCC(NN)c1cc(Cl)ccc1Br. The minimum Gasteiger partial charge on any atom is -0.271 e. The second-order valence-electron chi connectivity index (χ2n) is 3.17. The van der Waals surface area contributed by atoms with Crippen LogP contribution in [-0.4, -0.2) is 0 Å². The summed E-state index contributed by atoms with van der Waals surface area (Å²) in [6.07, 6.45) is 2.07. The molecule has 1 unspecified atom stereocenters. The Balaban J connectivity index is 2.96. The second-order valence-corrected chi connectivity index (χ2v) is 4.46. The van der Waals surface area contributed by atoms with Crippen molar-refractivity contribution in [2.75, 3.05) is 0 Å². The summed E-state index contributed by atoms with van der Waals surface area (Å²) in [5.41, 5.74) is 3.91. The molecule has 0 amide bonds. The third-order valence-corrected chi connectivity index (χ3v) is 3.07. The third kappa shape index (κ3) is 2.95. The molecule has 0 aliphatic carbocycles. The predicted molar refractivity (Wildman–Crippen MR) is 64.1 cm³/mol. The highest BCUT2D eigenvalue weighted by Gasteiger charge is 2.12. The van der Waals surface area contributed by atoms with E-state index in [-0.39, 0.29) is 6.04 Å². The van der Waals surface area contributed by atoms with E-state index < -0.39 is 0 Å². The lowest BCUT2D eigenvalue weighted by molar-refractivity contribution is 0.508. The van der Waals surface area contributed by atoms with Crippen LogP contribution in [-0.2, 0) is 0 Å². The molecule has 0 bridgehead atoms. The molecule has 0 saturated heterocycles. The van der Waals surface area contributed by atoms with Crippen LogP contribution in [0.3, 0.4) is 0 Å². The average Bonchev–Trinajstić information content (AvgIpc) is 2.18. The van der Waals surface area contributed by atoms with Crippen molar-refractivity contribution in [1.82, 2.24) is 5.43 Å². The summed E-state index contributed by atoms with van der Waals surface area (Å²) in [5.74, 6) is 5.50. The molecule has 78 valence electrons. The molecular weight excluding hydrogens is 263 g/mol. The van der Waals surface area contributed by atoms with Gasteiger partial charge in [0.1, 0.15) is 0 Å². The fraction of sp³-hybridized carbons (Fsp3) is 0.400. The molecule has 1 aromatic rings. The lowest BCUT2D eigenvalue weighted by atomic mass is 10.0. The standard InChI is InChI=1S/C10H14BrClN2/c1-2-3-10(14-13)8-6-7(12)4-5-9(8)11/h4-6,10,14H,2-3,13H2,1H3. The Labute approximate surface area is 97.9 Å². The number of benzene rings is 1. The largest absolute Gasteiger partial charge is 0.271 e. The lowest BCUT2D eigenvalue weighted by Gasteiger charge is -2.17. The molecule has 0 aromatic heterocycles. The van der Waals surface area contributed by atoms with E-state index in [1.165, 1.54) is 0 Å². The Kier molecular flexibility index (Phi) is 4.89. The Hall–Kier alpha value is -0.0900. The maximum absolute atomic E-state index is 5.93. The highest BCUT2D eigenvalue weighted by molar-refractivity contribution is 9.10. The zero-order valence-corrected chi connectivity index (χ0v) is 10.4. The van der Waals surface area contributed by atoms with Gasteiger partial charge in [-0.25, -0.2) is 0 Å². The van der Waals surface area contributed by atoms with E-state index in [2.05, 4.69) is 28.3 Å². The van der Waals surface area contributed by atoms with E-state index >= 15 is 0 Å². The van der Waals surface area contributed by atoms with Crippen LogP contribution < -0.4 is 11.3 Å². The van der Waals surface area contributed by atoms with Gasteiger partial charge in [0.15, 0.2) is 0 Å². The first-order chi connectivity index (χ1) is 6.69. The van der Waals surface area contributed by atoms with Crippen molar-refractivity contribution >= 4 is 27.5 Å². The summed E-state index contributed by atoms with van der Waals surface area (Å²) in [6.45, 7) is 2.13. The van der Waals surface area contributed by atoms with E-state index in [1.54, 1.807) is 0 Å². The summed E-state index contributed by atoms with van der Waals surface area (Å²) < 4.78 is 1.04. The molecule has 0 fully saturated rings. The number of rotatable bonds is 4. The Morgan fingerprint density at radius 2 is 2.29 bits per heavy atom. The fourth-order valence-corrected chi connectivity index (χ4v) is 2.10. The van der Waals surface area contributed by atoms with Crippen molar-refractivity contribution in [3.05, 3.63) is 33.3 Å². The molecule has 0 spiro atoms. The van der Waals surface area contributed by atoms with Gasteiger partial charge in [0, 0.05) is 15.5 Å². The van der Waals surface area contributed by atoms with Crippen LogP contribution in [0.25, 0.3) is 0 Å². The van der Waals surface area contributed by atoms with E-state index in [0.717, 1.165) is 27.9 Å². The lowest BCUT2D eigenvalue weighted by Crippen LogP contribution is -2.28. The van der Waals surface area contributed by atoms with Crippen LogP contribution in [0.15, 0.2) is 22.7 Å². The van der Waals surface area contributed by atoms with Gasteiger partial charge >= 0.3 is 0 Å². The van der Waals surface area contributed by atoms with Crippen LogP contribution in [0, 0.1) is 0 Å². The molecule has 2 nitrogen and oxygen atoms in total. The van der Waals surface area contributed by atoms with E-state index in [9.17, 15) is 0 Å². The average molecular weight is 278 g/mol. The summed E-state index contributed by atoms with van der Waals surface area (Å²) in [6, 6.07) is 5.89. The van der Waals surface area contributed by atoms with Crippen LogP contribution in [0.1, 0.15) is 31.4 Å². The van der Waals surface area contributed by atoms with Crippen molar-refractivity contribution in [3.8, 4) is 0 Å². The van der Waals surface area contributed by atoms with Gasteiger partial charge in [0.25, 0.3) is 0 Å². The monoisotopic (exact) mass is 276 g/mol. The first-order valence-corrected chi connectivity index (χ1v) is 5.77. The Bertz CT molecular complexity index is 304. The number of hydrogen-bond donors (Lipinski definition) is 2. The van der Waals surface area contributed by atoms with E-state index in [4.69, 9.17) is 17.4 Å². The molecule has 0 aliphatic rings. The molecule has 4 heteroatoms. The minimum atomic E-state index is 0.160. The first kappa shape index (κ1) is 12.0. The molecule has 0 aliphatic heterocycles. The molecule has 1 atom stereocenters. The van der Waals surface area contributed by atoms with Gasteiger partial charge in [-0.1, -0.05) is 40.9 Å². The van der Waals surface area contributed by atoms with Crippen LogP contribution >= 0.6 is 27.5 Å². The maximum atomic E-state index is 5.93. The summed E-state index contributed by atoms with van der Waals surface area (Å²) in [4.78, 5) is 0. The topological polar surface area (TPSA) is 38.0 Å². The number of hydrazine groups is 1. The molecule has 0 saturated carbocycles. The number of halogens is 2. The maximum Gasteiger partial charge on any atom is 0.0471 e. The fourth-order valence-electron chi connectivity index (χ4n) is 1.40. The van der Waals surface area contributed by atoms with Crippen molar-refractivity contribution < 1.29 is 0 Å². The van der Waals surface area contributed by atoms with E-state index in [1.807, 2.05) is 18.2 Å². The van der Waals surface area contributed by atoms with Gasteiger partial charge in [-0.05, 0) is 30.2 Å². The van der Waals surface area contributed by atoms with E-state index in [0.29, 0.717) is 0 Å². The summed E-state index contributed by atoms with van der Waals surface area (Å²) in [5, 5.41) is 0.736. The molecular formula is C10H14BrClN2. The Morgan fingerprint density at radius 1 is 1.57 bits per heavy atom. The summed E-state index contributed by atoms with van der Waals surface area (Å²) >= 11 is 9.42. The van der Waals surface area contributed by atoms with Gasteiger partial charge < -0.3 is 0 Å². The zero-order chi connectivity index (χ0) is 10.6. The highest BCUT2D eigenvalue weighted by Crippen LogP contribution is 2.28. The molecule has 1 aromatic carbocycles. The van der Waals surface area contributed by atoms with Gasteiger partial charge in [0.05, 0.1) is 0 Å². The van der Waals surface area contributed by atoms with Crippen molar-refractivity contribution in [2.45, 2.75) is 25.8 Å². The van der Waals surface area contributed by atoms with Crippen molar-refractivity contribution in [1.29, 1.82) is 0 Å². The minimum absolute atomic E-state index is 0.160. The number of hydrogen-bond acceptors (Lipinski definition) is 2. The molecule has 14 heavy (non-hydrogen) atoms. The number of nitrogens with two attached hydrogens (primary N) is 1. The van der Waals surface area contributed by atoms with Gasteiger partial charge in [0.2, 0.25) is 0 Å². The van der Waals surface area contributed by atoms with Crippen LogP contribution in [0.2, 0.25) is 5.02 Å². The van der Waals surface area contributed by atoms with Gasteiger partial charge in [-0.3, -0.25) is 11.3 Å². The smallest absolute Gasteiger partial charge is 0.0471 e. The van der Waals surface area contributed by atoms with Gasteiger partial charge in [-0.2, -0.15) is 0 Å². The van der Waals surface area contributed by atoms with Gasteiger partial charge in [-0.15, -0.1) is 0 Å². The second kappa shape index (κ2) is 5.71. The predicted octanol–water partition coefficient (Wildman–Crippen LogP) is 3.41. The normalized spacial score (nSPS) is 12.9. The van der Waals surface area contributed by atoms with Crippen molar-refractivity contribution in [2.24, 2.45) is 5.84 Å². The number of nitrogens with one attached hydrogen (secondary N) is 1.